The van der Waals surface area contributed by atoms with Crippen LogP contribution in [-0.4, -0.2) is 45.5 Å². The van der Waals surface area contributed by atoms with Gasteiger partial charge in [-0.05, 0) is 32.9 Å². The summed E-state index contributed by atoms with van der Waals surface area (Å²) < 4.78 is 1.84. The van der Waals surface area contributed by atoms with Gasteiger partial charge in [0.2, 0.25) is 5.91 Å². The third-order valence-corrected chi connectivity index (χ3v) is 5.17. The molecule has 138 valence electrons. The van der Waals surface area contributed by atoms with Crippen LogP contribution in [0.2, 0.25) is 0 Å². The van der Waals surface area contributed by atoms with E-state index in [9.17, 15) is 9.59 Å². The second kappa shape index (κ2) is 7.41. The second-order valence-corrected chi connectivity index (χ2v) is 7.07. The Bertz CT molecular complexity index is 813. The summed E-state index contributed by atoms with van der Waals surface area (Å²) in [4.78, 5) is 26.6. The number of aromatic nitrogens is 2. The van der Waals surface area contributed by atoms with Crippen molar-refractivity contribution >= 4 is 17.4 Å². The van der Waals surface area contributed by atoms with Crippen LogP contribution in [-0.2, 0) is 9.59 Å². The van der Waals surface area contributed by atoms with E-state index in [1.54, 1.807) is 0 Å². The molecule has 1 aliphatic rings. The zero-order valence-electron chi connectivity index (χ0n) is 15.8. The molecule has 2 atom stereocenters. The molecule has 1 amide bonds. The summed E-state index contributed by atoms with van der Waals surface area (Å²) in [5.74, 6) is 0.207. The first kappa shape index (κ1) is 18.3. The number of piperidine rings is 1. The van der Waals surface area contributed by atoms with Gasteiger partial charge in [-0.3, -0.25) is 14.5 Å². The molecule has 0 spiro atoms. The van der Waals surface area contributed by atoms with Crippen molar-refractivity contribution in [3.05, 3.63) is 41.7 Å². The van der Waals surface area contributed by atoms with Crippen LogP contribution in [0.5, 0.6) is 0 Å². The van der Waals surface area contributed by atoms with Crippen molar-refractivity contribution in [1.29, 1.82) is 0 Å². The zero-order chi connectivity index (χ0) is 18.8. The Hall–Kier alpha value is -2.47. The number of para-hydroxylation sites is 1. The molecule has 1 saturated heterocycles. The van der Waals surface area contributed by atoms with Gasteiger partial charge in [-0.15, -0.1) is 0 Å². The third kappa shape index (κ3) is 3.55. The van der Waals surface area contributed by atoms with Crippen LogP contribution in [0, 0.1) is 19.8 Å². The van der Waals surface area contributed by atoms with E-state index in [4.69, 9.17) is 0 Å². The molecule has 0 saturated carbocycles. The van der Waals surface area contributed by atoms with Gasteiger partial charge in [0, 0.05) is 25.4 Å². The Morgan fingerprint density at radius 1 is 1.27 bits per heavy atom. The fourth-order valence-corrected chi connectivity index (χ4v) is 3.43. The fraction of sp³-hybridized carbons (Fsp3) is 0.450. The van der Waals surface area contributed by atoms with Gasteiger partial charge < -0.3 is 5.32 Å². The van der Waals surface area contributed by atoms with E-state index in [0.29, 0.717) is 19.5 Å². The third-order valence-electron chi connectivity index (χ3n) is 5.17. The number of ketones is 1. The zero-order valence-corrected chi connectivity index (χ0v) is 15.8. The molecule has 0 unspecified atom stereocenters. The van der Waals surface area contributed by atoms with Crippen molar-refractivity contribution in [3.8, 4) is 5.69 Å². The summed E-state index contributed by atoms with van der Waals surface area (Å²) in [6, 6.07) is 9.57. The monoisotopic (exact) mass is 354 g/mol. The normalized spacial score (nSPS) is 19.4. The molecule has 6 heteroatoms. The number of nitrogens with zero attached hydrogens (tertiary/aromatic N) is 3. The van der Waals surface area contributed by atoms with E-state index in [0.717, 1.165) is 22.8 Å². The lowest BCUT2D eigenvalue weighted by molar-refractivity contribution is -0.129. The average Bonchev–Trinajstić information content (AvgIpc) is 2.92. The molecular formula is C20H26N4O2. The van der Waals surface area contributed by atoms with Crippen molar-refractivity contribution in [2.75, 3.05) is 18.4 Å². The number of nitrogens with one attached hydrogen (secondary N) is 1. The summed E-state index contributed by atoms with van der Waals surface area (Å²) in [7, 11) is 0. The molecular weight excluding hydrogens is 328 g/mol. The first-order chi connectivity index (χ1) is 12.4. The van der Waals surface area contributed by atoms with Crippen LogP contribution in [0.25, 0.3) is 5.69 Å². The van der Waals surface area contributed by atoms with E-state index in [-0.39, 0.29) is 23.7 Å². The van der Waals surface area contributed by atoms with E-state index < -0.39 is 0 Å². The highest BCUT2D eigenvalue weighted by Gasteiger charge is 2.30. The van der Waals surface area contributed by atoms with Crippen LogP contribution in [0.3, 0.4) is 0 Å². The number of hydrogen-bond acceptors (Lipinski definition) is 4. The maximum absolute atomic E-state index is 12.8. The van der Waals surface area contributed by atoms with Gasteiger partial charge in [0.1, 0.15) is 5.78 Å². The minimum absolute atomic E-state index is 0.0108. The van der Waals surface area contributed by atoms with Crippen LogP contribution >= 0.6 is 0 Å². The van der Waals surface area contributed by atoms with Gasteiger partial charge in [0.05, 0.1) is 28.8 Å². The molecule has 1 N–H and O–H groups in total. The van der Waals surface area contributed by atoms with Crippen molar-refractivity contribution in [1.82, 2.24) is 14.7 Å². The van der Waals surface area contributed by atoms with E-state index in [1.807, 2.05) is 62.7 Å². The highest BCUT2D eigenvalue weighted by Crippen LogP contribution is 2.24. The second-order valence-electron chi connectivity index (χ2n) is 7.07. The molecule has 1 aromatic heterocycles. The predicted octanol–water partition coefficient (Wildman–Crippen LogP) is 2.73. The maximum Gasteiger partial charge on any atom is 0.241 e. The van der Waals surface area contributed by atoms with Gasteiger partial charge in [-0.1, -0.05) is 25.1 Å². The highest BCUT2D eigenvalue weighted by atomic mass is 16.2. The van der Waals surface area contributed by atoms with Gasteiger partial charge in [-0.2, -0.15) is 5.10 Å². The smallest absolute Gasteiger partial charge is 0.241 e. The van der Waals surface area contributed by atoms with E-state index >= 15 is 0 Å². The lowest BCUT2D eigenvalue weighted by Gasteiger charge is -2.33. The van der Waals surface area contributed by atoms with Gasteiger partial charge in [0.15, 0.2) is 0 Å². The first-order valence-electron chi connectivity index (χ1n) is 9.07. The number of hydrogen-bond donors (Lipinski definition) is 1. The maximum atomic E-state index is 12.8. The number of likely N-dealkylation sites (tertiary alicyclic amines) is 1. The SMILES string of the molecule is Cc1nn(-c2ccccc2)c(C)c1NC(=O)[C@H](C)N1CCC(=O)[C@@H](C)C1. The number of anilines is 1. The molecule has 0 bridgehead atoms. The summed E-state index contributed by atoms with van der Waals surface area (Å²) in [6.07, 6.45) is 0.517. The average molecular weight is 354 g/mol. The van der Waals surface area contributed by atoms with Crippen LogP contribution in [0.1, 0.15) is 31.7 Å². The van der Waals surface area contributed by atoms with Crippen molar-refractivity contribution in [3.63, 3.8) is 0 Å². The van der Waals surface area contributed by atoms with Gasteiger partial charge in [0.25, 0.3) is 0 Å². The van der Waals surface area contributed by atoms with E-state index in [2.05, 4.69) is 15.3 Å². The fourth-order valence-electron chi connectivity index (χ4n) is 3.43. The highest BCUT2D eigenvalue weighted by molar-refractivity contribution is 5.95. The number of rotatable bonds is 4. The molecule has 1 aliphatic heterocycles. The van der Waals surface area contributed by atoms with E-state index in [1.165, 1.54) is 0 Å². The lowest BCUT2D eigenvalue weighted by atomic mass is 9.97. The number of carbonyl (C=O) groups is 2. The molecule has 0 aliphatic carbocycles. The number of Topliss-reactive ketones (excluding diaryl/α,β-unsaturated/α-hetero) is 1. The Labute approximate surface area is 154 Å². The van der Waals surface area contributed by atoms with Gasteiger partial charge in [-0.25, -0.2) is 4.68 Å². The number of amides is 1. The van der Waals surface area contributed by atoms with Gasteiger partial charge >= 0.3 is 0 Å². The van der Waals surface area contributed by atoms with Crippen LogP contribution in [0.15, 0.2) is 30.3 Å². The van der Waals surface area contributed by atoms with Crippen molar-refractivity contribution < 1.29 is 9.59 Å². The Balaban J connectivity index is 1.75. The molecule has 26 heavy (non-hydrogen) atoms. The minimum atomic E-state index is -0.288. The van der Waals surface area contributed by atoms with Crippen LogP contribution in [0.4, 0.5) is 5.69 Å². The summed E-state index contributed by atoms with van der Waals surface area (Å²) in [5.41, 5.74) is 3.40. The molecule has 0 radical (unpaired) electrons. The van der Waals surface area contributed by atoms with Crippen molar-refractivity contribution in [2.45, 2.75) is 40.2 Å². The largest absolute Gasteiger partial charge is 0.322 e. The molecule has 3 rings (SSSR count). The summed E-state index contributed by atoms with van der Waals surface area (Å²) >= 11 is 0. The first-order valence-corrected chi connectivity index (χ1v) is 9.07. The molecule has 1 aromatic carbocycles. The predicted molar refractivity (Wildman–Crippen MR) is 101 cm³/mol. The molecule has 2 heterocycles. The molecule has 2 aromatic rings. The standard InChI is InChI=1S/C20H26N4O2/c1-13-12-23(11-10-18(13)25)16(4)20(26)21-19-14(2)22-24(15(19)3)17-8-6-5-7-9-17/h5-9,13,16H,10-12H2,1-4H3,(H,21,26)/t13-,16-/m0/s1. The molecule has 6 nitrogen and oxygen atoms in total. The Kier molecular flexibility index (Phi) is 5.23. The topological polar surface area (TPSA) is 67.2 Å². The summed E-state index contributed by atoms with van der Waals surface area (Å²) in [5, 5.41) is 7.61. The quantitative estimate of drug-likeness (QED) is 0.917. The number of aryl methyl sites for hydroxylation is 1. The Morgan fingerprint density at radius 2 is 1.96 bits per heavy atom. The summed E-state index contributed by atoms with van der Waals surface area (Å²) in [6.45, 7) is 8.94. The molecule has 1 fully saturated rings. The number of benzene rings is 1. The van der Waals surface area contributed by atoms with Crippen molar-refractivity contribution in [2.24, 2.45) is 5.92 Å². The number of carbonyl (C=O) groups excluding carboxylic acids is 2. The lowest BCUT2D eigenvalue weighted by Crippen LogP contribution is -2.49. The van der Waals surface area contributed by atoms with Crippen LogP contribution < -0.4 is 5.32 Å². The minimum Gasteiger partial charge on any atom is -0.322 e. The Morgan fingerprint density at radius 3 is 2.62 bits per heavy atom.